The van der Waals surface area contributed by atoms with Gasteiger partial charge < -0.3 is 19.2 Å². The fourth-order valence-corrected chi connectivity index (χ4v) is 2.61. The van der Waals surface area contributed by atoms with E-state index in [2.05, 4.69) is 5.32 Å². The van der Waals surface area contributed by atoms with Crippen LogP contribution in [-0.4, -0.2) is 17.3 Å². The fourth-order valence-electron chi connectivity index (χ4n) is 2.61. The molecule has 0 unspecified atom stereocenters. The molecule has 1 amide bonds. The van der Waals surface area contributed by atoms with Crippen molar-refractivity contribution >= 4 is 17.0 Å². The van der Waals surface area contributed by atoms with Crippen LogP contribution in [0.4, 0.5) is 0 Å². The number of hydrogen-bond donors (Lipinski definition) is 1. The van der Waals surface area contributed by atoms with Gasteiger partial charge in [-0.3, -0.25) is 9.36 Å². The van der Waals surface area contributed by atoms with E-state index in [0.29, 0.717) is 34.7 Å². The highest BCUT2D eigenvalue weighted by atomic mass is 16.7. The van der Waals surface area contributed by atoms with Crippen molar-refractivity contribution in [2.24, 2.45) is 7.05 Å². The molecular weight excluding hydrogens is 312 g/mol. The fraction of sp³-hybridized carbons (Fsp3) is 0.176. The maximum absolute atomic E-state index is 12.3. The molecule has 1 aliphatic rings. The van der Waals surface area contributed by atoms with Crippen molar-refractivity contribution < 1.29 is 18.7 Å². The number of nitrogens with zero attached hydrogens (tertiary/aromatic N) is 1. The van der Waals surface area contributed by atoms with Gasteiger partial charge in [0.1, 0.15) is 0 Å². The summed E-state index contributed by atoms with van der Waals surface area (Å²) in [5.74, 6) is 0.570. The quantitative estimate of drug-likeness (QED) is 0.793. The van der Waals surface area contributed by atoms with E-state index in [4.69, 9.17) is 13.9 Å². The van der Waals surface area contributed by atoms with E-state index in [0.717, 1.165) is 5.56 Å². The third-order valence-electron chi connectivity index (χ3n) is 3.94. The van der Waals surface area contributed by atoms with E-state index in [1.165, 1.54) is 4.57 Å². The number of hydrogen-bond acceptors (Lipinski definition) is 5. The molecular formula is C17H14N2O5. The summed E-state index contributed by atoms with van der Waals surface area (Å²) in [5.41, 5.74) is 2.54. The van der Waals surface area contributed by atoms with E-state index in [9.17, 15) is 9.59 Å². The van der Waals surface area contributed by atoms with Gasteiger partial charge in [-0.2, -0.15) is 0 Å². The molecule has 3 aromatic rings. The number of aryl methyl sites for hydroxylation is 1. The van der Waals surface area contributed by atoms with Gasteiger partial charge in [0, 0.05) is 19.2 Å². The van der Waals surface area contributed by atoms with Crippen LogP contribution in [0.5, 0.6) is 11.5 Å². The van der Waals surface area contributed by atoms with Crippen LogP contribution in [0.25, 0.3) is 11.1 Å². The minimum Gasteiger partial charge on any atom is -0.454 e. The van der Waals surface area contributed by atoms with Crippen molar-refractivity contribution in [1.29, 1.82) is 0 Å². The molecule has 7 heteroatoms. The van der Waals surface area contributed by atoms with Crippen molar-refractivity contribution in [3.63, 3.8) is 0 Å². The van der Waals surface area contributed by atoms with Crippen molar-refractivity contribution in [3.8, 4) is 11.5 Å². The summed E-state index contributed by atoms with van der Waals surface area (Å²) < 4.78 is 17.1. The summed E-state index contributed by atoms with van der Waals surface area (Å²) in [6.07, 6.45) is 0. The Bertz CT molecular complexity index is 1000. The molecule has 2 heterocycles. The van der Waals surface area contributed by atoms with E-state index in [-0.39, 0.29) is 12.7 Å². The number of carbonyl (C=O) groups is 1. The Morgan fingerprint density at radius 1 is 1.17 bits per heavy atom. The third kappa shape index (κ3) is 2.40. The molecule has 24 heavy (non-hydrogen) atoms. The summed E-state index contributed by atoms with van der Waals surface area (Å²) in [4.78, 5) is 23.8. The smallest absolute Gasteiger partial charge is 0.419 e. The Morgan fingerprint density at radius 3 is 2.88 bits per heavy atom. The molecule has 0 atom stereocenters. The number of aromatic nitrogens is 1. The van der Waals surface area contributed by atoms with Crippen molar-refractivity contribution in [1.82, 2.24) is 9.88 Å². The molecule has 0 fully saturated rings. The van der Waals surface area contributed by atoms with Crippen LogP contribution >= 0.6 is 0 Å². The van der Waals surface area contributed by atoms with Gasteiger partial charge in [-0.05, 0) is 35.9 Å². The van der Waals surface area contributed by atoms with Crippen molar-refractivity contribution in [3.05, 3.63) is 58.1 Å². The molecule has 2 aromatic carbocycles. The Labute approximate surface area is 136 Å². The van der Waals surface area contributed by atoms with Gasteiger partial charge in [0.15, 0.2) is 17.1 Å². The van der Waals surface area contributed by atoms with Crippen molar-refractivity contribution in [2.75, 3.05) is 6.79 Å². The molecule has 4 rings (SSSR count). The standard InChI is InChI=1S/C17H14N2O5/c1-19-12-4-2-10(6-14(12)24-17(19)21)8-18-16(20)11-3-5-13-15(7-11)23-9-22-13/h2-7H,8-9H2,1H3,(H,18,20). The number of oxazole rings is 1. The average molecular weight is 326 g/mol. The lowest BCUT2D eigenvalue weighted by Gasteiger charge is -2.06. The van der Waals surface area contributed by atoms with E-state index >= 15 is 0 Å². The first-order valence-electron chi connectivity index (χ1n) is 7.38. The first-order chi connectivity index (χ1) is 11.6. The van der Waals surface area contributed by atoms with Gasteiger partial charge in [0.05, 0.1) is 5.52 Å². The largest absolute Gasteiger partial charge is 0.454 e. The molecule has 1 aliphatic heterocycles. The van der Waals surface area contributed by atoms with Crippen LogP contribution in [0, 0.1) is 0 Å². The highest BCUT2D eigenvalue weighted by molar-refractivity contribution is 5.95. The second kappa shape index (κ2) is 5.45. The van der Waals surface area contributed by atoms with Crippen LogP contribution in [0.1, 0.15) is 15.9 Å². The Hall–Kier alpha value is -3.22. The van der Waals surface area contributed by atoms with E-state index < -0.39 is 5.76 Å². The predicted molar refractivity (Wildman–Crippen MR) is 85.2 cm³/mol. The highest BCUT2D eigenvalue weighted by Gasteiger charge is 2.16. The molecule has 0 saturated heterocycles. The Kier molecular flexibility index (Phi) is 3.26. The summed E-state index contributed by atoms with van der Waals surface area (Å²) >= 11 is 0. The minimum atomic E-state index is -0.411. The predicted octanol–water partition coefficient (Wildman–Crippen LogP) is 1.79. The maximum Gasteiger partial charge on any atom is 0.419 e. The van der Waals surface area contributed by atoms with Gasteiger partial charge in [-0.1, -0.05) is 6.07 Å². The van der Waals surface area contributed by atoms with E-state index in [1.54, 1.807) is 37.4 Å². The molecule has 0 bridgehead atoms. The first-order valence-corrected chi connectivity index (χ1v) is 7.38. The van der Waals surface area contributed by atoms with Gasteiger partial charge in [0.25, 0.3) is 5.91 Å². The summed E-state index contributed by atoms with van der Waals surface area (Å²) in [7, 11) is 1.65. The Balaban J connectivity index is 1.50. The normalized spacial score (nSPS) is 12.5. The maximum atomic E-state index is 12.3. The summed E-state index contributed by atoms with van der Waals surface area (Å²) in [5, 5.41) is 2.83. The molecule has 0 saturated carbocycles. The molecule has 1 N–H and O–H groups in total. The number of rotatable bonds is 3. The SMILES string of the molecule is Cn1c(=O)oc2cc(CNC(=O)c3ccc4c(c3)OCO4)ccc21. The molecule has 0 spiro atoms. The van der Waals surface area contributed by atoms with Crippen LogP contribution in [0.3, 0.4) is 0 Å². The first kappa shape index (κ1) is 14.4. The van der Waals surface area contributed by atoms with Crippen molar-refractivity contribution in [2.45, 2.75) is 6.54 Å². The topological polar surface area (TPSA) is 82.7 Å². The van der Waals surface area contributed by atoms with Gasteiger partial charge >= 0.3 is 5.76 Å². The molecule has 1 aromatic heterocycles. The van der Waals surface area contributed by atoms with Crippen LogP contribution < -0.4 is 20.5 Å². The number of nitrogens with one attached hydrogen (secondary N) is 1. The minimum absolute atomic E-state index is 0.169. The number of amides is 1. The monoisotopic (exact) mass is 326 g/mol. The van der Waals surface area contributed by atoms with Crippen LogP contribution in [-0.2, 0) is 13.6 Å². The van der Waals surface area contributed by atoms with E-state index in [1.807, 2.05) is 6.07 Å². The lowest BCUT2D eigenvalue weighted by Crippen LogP contribution is -2.22. The number of carbonyl (C=O) groups excluding carboxylic acids is 1. The lowest BCUT2D eigenvalue weighted by atomic mass is 10.1. The molecule has 122 valence electrons. The van der Waals surface area contributed by atoms with Gasteiger partial charge in [-0.15, -0.1) is 0 Å². The molecule has 0 radical (unpaired) electrons. The Morgan fingerprint density at radius 2 is 2.00 bits per heavy atom. The summed E-state index contributed by atoms with van der Waals surface area (Å²) in [6, 6.07) is 10.4. The number of benzene rings is 2. The number of ether oxygens (including phenoxy) is 2. The molecule has 0 aliphatic carbocycles. The lowest BCUT2D eigenvalue weighted by molar-refractivity contribution is 0.0950. The third-order valence-corrected chi connectivity index (χ3v) is 3.94. The summed E-state index contributed by atoms with van der Waals surface area (Å²) in [6.45, 7) is 0.491. The molecule has 7 nitrogen and oxygen atoms in total. The van der Waals surface area contributed by atoms with Crippen LogP contribution in [0.2, 0.25) is 0 Å². The van der Waals surface area contributed by atoms with Gasteiger partial charge in [-0.25, -0.2) is 4.79 Å². The highest BCUT2D eigenvalue weighted by Crippen LogP contribution is 2.32. The zero-order valence-corrected chi connectivity index (χ0v) is 12.9. The van der Waals surface area contributed by atoms with Gasteiger partial charge in [0.2, 0.25) is 6.79 Å². The second-order valence-electron chi connectivity index (χ2n) is 5.48. The average Bonchev–Trinajstić information content (AvgIpc) is 3.16. The second-order valence-corrected chi connectivity index (χ2v) is 5.48. The zero-order chi connectivity index (χ0) is 16.7. The number of fused-ring (bicyclic) bond motifs is 2. The zero-order valence-electron chi connectivity index (χ0n) is 12.9. The van der Waals surface area contributed by atoms with Crippen LogP contribution in [0.15, 0.2) is 45.6 Å².